The van der Waals surface area contributed by atoms with Crippen LogP contribution in [0.4, 0.5) is 5.69 Å². The molecule has 1 atom stereocenters. The number of carbonyl (C=O) groups excluding carboxylic acids is 1. The first-order chi connectivity index (χ1) is 15.8. The lowest BCUT2D eigenvalue weighted by Crippen LogP contribution is -2.41. The normalized spacial score (nSPS) is 13.8. The molecule has 4 rings (SSSR count). The second kappa shape index (κ2) is 9.84. The van der Waals surface area contributed by atoms with Gasteiger partial charge in [0.05, 0.1) is 16.6 Å². The van der Waals surface area contributed by atoms with Crippen molar-refractivity contribution in [2.45, 2.75) is 17.9 Å². The smallest absolute Gasteiger partial charge is 0.264 e. The molecule has 33 heavy (non-hydrogen) atoms. The van der Waals surface area contributed by atoms with E-state index in [0.717, 1.165) is 9.87 Å². The third-order valence-corrected chi connectivity index (χ3v) is 7.44. The Kier molecular flexibility index (Phi) is 6.90. The number of benzene rings is 3. The fourth-order valence-corrected chi connectivity index (χ4v) is 5.32. The highest BCUT2D eigenvalue weighted by atomic mass is 79.9. The molecule has 172 valence electrons. The lowest BCUT2D eigenvalue weighted by Gasteiger charge is -2.25. The summed E-state index contributed by atoms with van der Waals surface area (Å²) in [7, 11) is -3.96. The number of hydrogen-bond acceptors (Lipinski definition) is 5. The van der Waals surface area contributed by atoms with Gasteiger partial charge in [-0.25, -0.2) is 8.42 Å². The van der Waals surface area contributed by atoms with E-state index >= 15 is 0 Å². The Morgan fingerprint density at radius 3 is 2.45 bits per heavy atom. The number of carbonyl (C=O) groups is 1. The van der Waals surface area contributed by atoms with Crippen molar-refractivity contribution in [1.29, 1.82) is 0 Å². The largest absolute Gasteiger partial charge is 0.486 e. The van der Waals surface area contributed by atoms with Crippen molar-refractivity contribution < 1.29 is 22.7 Å². The van der Waals surface area contributed by atoms with Crippen LogP contribution < -0.4 is 19.1 Å². The molecule has 0 saturated heterocycles. The van der Waals surface area contributed by atoms with E-state index < -0.39 is 15.9 Å². The maximum atomic E-state index is 13.4. The SMILES string of the molecule is CC(NC(=O)CN(c1cccc(Br)c1)S(=O)(=O)c1ccccc1)c1ccc2c(c1)OCCO2. The van der Waals surface area contributed by atoms with Crippen LogP contribution in [0.5, 0.6) is 11.5 Å². The summed E-state index contributed by atoms with van der Waals surface area (Å²) in [6, 6.07) is 20.0. The molecule has 0 aliphatic carbocycles. The Morgan fingerprint density at radius 1 is 1.00 bits per heavy atom. The minimum absolute atomic E-state index is 0.109. The van der Waals surface area contributed by atoms with Crippen LogP contribution in [0.25, 0.3) is 0 Å². The van der Waals surface area contributed by atoms with Gasteiger partial charge in [-0.2, -0.15) is 0 Å². The van der Waals surface area contributed by atoms with Crippen LogP contribution in [0.2, 0.25) is 0 Å². The lowest BCUT2D eigenvalue weighted by atomic mass is 10.1. The van der Waals surface area contributed by atoms with E-state index in [1.54, 1.807) is 48.5 Å². The van der Waals surface area contributed by atoms with E-state index in [1.807, 2.05) is 19.1 Å². The molecule has 1 amide bonds. The van der Waals surface area contributed by atoms with Gasteiger partial charge in [0, 0.05) is 4.47 Å². The molecule has 3 aromatic carbocycles. The van der Waals surface area contributed by atoms with Crippen molar-refractivity contribution in [1.82, 2.24) is 5.32 Å². The van der Waals surface area contributed by atoms with Gasteiger partial charge in [-0.15, -0.1) is 0 Å². The van der Waals surface area contributed by atoms with E-state index in [0.29, 0.717) is 34.9 Å². The number of halogens is 1. The Hall–Kier alpha value is -3.04. The second-order valence-corrected chi connectivity index (χ2v) is 10.3. The molecule has 1 unspecified atom stereocenters. The number of hydrogen-bond donors (Lipinski definition) is 1. The molecule has 0 aromatic heterocycles. The molecule has 0 bridgehead atoms. The average Bonchev–Trinajstić information content (AvgIpc) is 2.82. The van der Waals surface area contributed by atoms with Crippen molar-refractivity contribution in [3.63, 3.8) is 0 Å². The topological polar surface area (TPSA) is 84.9 Å². The van der Waals surface area contributed by atoms with Gasteiger partial charge in [-0.3, -0.25) is 9.10 Å². The predicted octanol–water partition coefficient (Wildman–Crippen LogP) is 4.29. The molecule has 1 N–H and O–H groups in total. The van der Waals surface area contributed by atoms with Gasteiger partial charge in [0.2, 0.25) is 5.91 Å². The first kappa shape index (κ1) is 23.1. The second-order valence-electron chi connectivity index (χ2n) is 7.50. The van der Waals surface area contributed by atoms with Crippen molar-refractivity contribution in [2.24, 2.45) is 0 Å². The van der Waals surface area contributed by atoms with Crippen LogP contribution >= 0.6 is 15.9 Å². The Bertz CT molecular complexity index is 1250. The van der Waals surface area contributed by atoms with Crippen LogP contribution in [0.1, 0.15) is 18.5 Å². The maximum Gasteiger partial charge on any atom is 0.264 e. The van der Waals surface area contributed by atoms with Gasteiger partial charge < -0.3 is 14.8 Å². The van der Waals surface area contributed by atoms with Crippen molar-refractivity contribution >= 4 is 37.5 Å². The predicted molar refractivity (Wildman–Crippen MR) is 129 cm³/mol. The number of nitrogens with zero attached hydrogens (tertiary/aromatic N) is 1. The van der Waals surface area contributed by atoms with Gasteiger partial charge in [0.1, 0.15) is 19.8 Å². The van der Waals surface area contributed by atoms with Crippen molar-refractivity contribution in [3.05, 3.63) is 82.8 Å². The van der Waals surface area contributed by atoms with E-state index in [1.165, 1.54) is 12.1 Å². The van der Waals surface area contributed by atoms with Gasteiger partial charge in [-0.1, -0.05) is 46.3 Å². The summed E-state index contributed by atoms with van der Waals surface area (Å²) in [5.74, 6) is 0.859. The van der Waals surface area contributed by atoms with Crippen LogP contribution in [0.3, 0.4) is 0 Å². The van der Waals surface area contributed by atoms with E-state index in [9.17, 15) is 13.2 Å². The zero-order chi connectivity index (χ0) is 23.4. The Labute approximate surface area is 201 Å². The highest BCUT2D eigenvalue weighted by Crippen LogP contribution is 2.32. The summed E-state index contributed by atoms with van der Waals surface area (Å²) in [6.45, 7) is 2.43. The molecule has 0 radical (unpaired) electrons. The molecular weight excluding hydrogens is 508 g/mol. The Balaban J connectivity index is 1.56. The maximum absolute atomic E-state index is 13.4. The molecule has 0 fully saturated rings. The highest BCUT2D eigenvalue weighted by Gasteiger charge is 2.28. The van der Waals surface area contributed by atoms with Gasteiger partial charge in [0.25, 0.3) is 10.0 Å². The third-order valence-electron chi connectivity index (χ3n) is 5.16. The standard InChI is InChI=1S/C24H23BrN2O5S/c1-17(18-10-11-22-23(14-18)32-13-12-31-22)26-24(28)16-27(20-7-5-6-19(25)15-20)33(29,30)21-8-3-2-4-9-21/h2-11,14-15,17H,12-13,16H2,1H3,(H,26,28). The molecule has 0 spiro atoms. The summed E-state index contributed by atoms with van der Waals surface area (Å²) in [5.41, 5.74) is 1.21. The summed E-state index contributed by atoms with van der Waals surface area (Å²) in [4.78, 5) is 13.1. The summed E-state index contributed by atoms with van der Waals surface area (Å²) in [5, 5.41) is 2.89. The van der Waals surface area contributed by atoms with Crippen LogP contribution in [0, 0.1) is 0 Å². The third kappa shape index (κ3) is 5.31. The van der Waals surface area contributed by atoms with E-state index in [2.05, 4.69) is 21.2 Å². The number of fused-ring (bicyclic) bond motifs is 1. The number of ether oxygens (including phenoxy) is 2. The molecule has 0 saturated carbocycles. The minimum Gasteiger partial charge on any atom is -0.486 e. The lowest BCUT2D eigenvalue weighted by molar-refractivity contribution is -0.120. The highest BCUT2D eigenvalue weighted by molar-refractivity contribution is 9.10. The molecular formula is C24H23BrN2O5S. The number of nitrogens with one attached hydrogen (secondary N) is 1. The molecule has 3 aromatic rings. The fraction of sp³-hybridized carbons (Fsp3) is 0.208. The van der Waals surface area contributed by atoms with E-state index in [-0.39, 0.29) is 17.5 Å². The molecule has 7 nitrogen and oxygen atoms in total. The van der Waals surface area contributed by atoms with Gasteiger partial charge in [-0.05, 0) is 55.0 Å². The molecule has 1 aliphatic heterocycles. The van der Waals surface area contributed by atoms with Crippen molar-refractivity contribution in [2.75, 3.05) is 24.1 Å². The molecule has 1 aliphatic rings. The summed E-state index contributed by atoms with van der Waals surface area (Å²) >= 11 is 3.38. The zero-order valence-electron chi connectivity index (χ0n) is 17.9. The zero-order valence-corrected chi connectivity index (χ0v) is 20.3. The Morgan fingerprint density at radius 2 is 1.73 bits per heavy atom. The minimum atomic E-state index is -3.96. The van der Waals surface area contributed by atoms with Crippen LogP contribution in [0.15, 0.2) is 82.2 Å². The van der Waals surface area contributed by atoms with E-state index in [4.69, 9.17) is 9.47 Å². The first-order valence-electron chi connectivity index (χ1n) is 10.4. The first-order valence-corrected chi connectivity index (χ1v) is 12.6. The quantitative estimate of drug-likeness (QED) is 0.492. The monoisotopic (exact) mass is 530 g/mol. The number of rotatable bonds is 7. The average molecular weight is 531 g/mol. The molecule has 1 heterocycles. The van der Waals surface area contributed by atoms with Crippen molar-refractivity contribution in [3.8, 4) is 11.5 Å². The fourth-order valence-electron chi connectivity index (χ4n) is 3.50. The van der Waals surface area contributed by atoms with Gasteiger partial charge >= 0.3 is 0 Å². The summed E-state index contributed by atoms with van der Waals surface area (Å²) < 4.78 is 39.8. The number of amides is 1. The number of anilines is 1. The van der Waals surface area contributed by atoms with Crippen LogP contribution in [-0.2, 0) is 14.8 Å². The molecule has 9 heteroatoms. The van der Waals surface area contributed by atoms with Gasteiger partial charge in [0.15, 0.2) is 11.5 Å². The number of sulfonamides is 1. The van der Waals surface area contributed by atoms with Crippen LogP contribution in [-0.4, -0.2) is 34.1 Å². The summed E-state index contributed by atoms with van der Waals surface area (Å²) in [6.07, 6.45) is 0.